The van der Waals surface area contributed by atoms with Crippen molar-refractivity contribution in [3.63, 3.8) is 0 Å². The molecule has 114 valence electrons. The number of hydrogen-bond acceptors (Lipinski definition) is 6. The molecule has 1 aliphatic heterocycles. The third-order valence-corrected chi connectivity index (χ3v) is 3.94. The van der Waals surface area contributed by atoms with E-state index >= 15 is 0 Å². The maximum absolute atomic E-state index is 5.15. The van der Waals surface area contributed by atoms with Crippen LogP contribution in [-0.2, 0) is 4.74 Å². The minimum atomic E-state index is 0.301. The van der Waals surface area contributed by atoms with Gasteiger partial charge in [-0.05, 0) is 6.07 Å². The largest absolute Gasteiger partial charge is 0.377 e. The van der Waals surface area contributed by atoms with Crippen molar-refractivity contribution in [2.75, 3.05) is 18.5 Å². The summed E-state index contributed by atoms with van der Waals surface area (Å²) in [7, 11) is 0. The molecule has 1 aliphatic rings. The number of nitrogens with zero attached hydrogens (tertiary/aromatic N) is 6. The van der Waals surface area contributed by atoms with E-state index in [2.05, 4.69) is 25.4 Å². The molecule has 4 aromatic rings. The summed E-state index contributed by atoms with van der Waals surface area (Å²) in [5, 5.41) is 7.74. The summed E-state index contributed by atoms with van der Waals surface area (Å²) < 4.78 is 8.86. The summed E-state index contributed by atoms with van der Waals surface area (Å²) in [4.78, 5) is 12.9. The topological polar surface area (TPSA) is 81.6 Å². The molecule has 0 radical (unpaired) electrons. The van der Waals surface area contributed by atoms with Crippen LogP contribution >= 0.6 is 0 Å². The van der Waals surface area contributed by atoms with Crippen molar-refractivity contribution in [3.8, 4) is 11.1 Å². The monoisotopic (exact) mass is 307 g/mol. The van der Waals surface area contributed by atoms with Crippen LogP contribution in [0.15, 0.2) is 43.2 Å². The van der Waals surface area contributed by atoms with Crippen molar-refractivity contribution in [1.82, 2.24) is 29.0 Å². The lowest BCUT2D eigenvalue weighted by molar-refractivity contribution is 0.0207. The summed E-state index contributed by atoms with van der Waals surface area (Å²) in [6, 6.07) is 2.32. The Balaban J connectivity index is 1.55. The molecule has 0 saturated carbocycles. The fourth-order valence-electron chi connectivity index (χ4n) is 2.67. The second kappa shape index (κ2) is 4.75. The Hall–Kier alpha value is -3.00. The van der Waals surface area contributed by atoms with Crippen LogP contribution < -0.4 is 5.32 Å². The number of rotatable bonds is 3. The van der Waals surface area contributed by atoms with E-state index < -0.39 is 0 Å². The first-order valence-electron chi connectivity index (χ1n) is 7.34. The predicted molar refractivity (Wildman–Crippen MR) is 83.2 cm³/mol. The molecule has 1 fully saturated rings. The number of hydrogen-bond donors (Lipinski definition) is 1. The highest BCUT2D eigenvalue weighted by Gasteiger charge is 2.19. The molecular weight excluding hydrogens is 294 g/mol. The second-order valence-electron chi connectivity index (χ2n) is 5.50. The van der Waals surface area contributed by atoms with E-state index in [1.54, 1.807) is 6.20 Å². The zero-order valence-electron chi connectivity index (χ0n) is 12.1. The molecule has 0 aromatic carbocycles. The molecule has 0 spiro atoms. The standard InChI is InChI=1S/C15H13N7O/c1-3-22-13(6-17-14(20-22)19-11-8-23-9-11)12(1)10-5-18-15-16-2-4-21(15)7-10/h1-7,11H,8-9H2,(H,19,20). The van der Waals surface area contributed by atoms with Crippen LogP contribution in [0.3, 0.4) is 0 Å². The molecule has 5 heterocycles. The van der Waals surface area contributed by atoms with Crippen molar-refractivity contribution in [1.29, 1.82) is 0 Å². The van der Waals surface area contributed by atoms with Crippen LogP contribution in [0.4, 0.5) is 5.95 Å². The van der Waals surface area contributed by atoms with E-state index in [0.717, 1.165) is 16.6 Å². The maximum Gasteiger partial charge on any atom is 0.241 e. The molecule has 8 heteroatoms. The van der Waals surface area contributed by atoms with E-state index in [-0.39, 0.29) is 0 Å². The van der Waals surface area contributed by atoms with Gasteiger partial charge in [0.25, 0.3) is 0 Å². The Labute approximate surface area is 130 Å². The Morgan fingerprint density at radius 2 is 2.09 bits per heavy atom. The fourth-order valence-corrected chi connectivity index (χ4v) is 2.67. The van der Waals surface area contributed by atoms with Gasteiger partial charge in [-0.15, -0.1) is 5.10 Å². The van der Waals surface area contributed by atoms with Gasteiger partial charge < -0.3 is 10.1 Å². The highest BCUT2D eigenvalue weighted by molar-refractivity contribution is 5.79. The van der Waals surface area contributed by atoms with E-state index in [9.17, 15) is 0 Å². The summed E-state index contributed by atoms with van der Waals surface area (Å²) in [5.41, 5.74) is 2.96. The number of ether oxygens (including phenoxy) is 1. The maximum atomic E-state index is 5.15. The quantitative estimate of drug-likeness (QED) is 0.613. The van der Waals surface area contributed by atoms with Gasteiger partial charge in [0.1, 0.15) is 0 Å². The molecule has 23 heavy (non-hydrogen) atoms. The molecule has 0 aliphatic carbocycles. The lowest BCUT2D eigenvalue weighted by atomic mass is 10.1. The number of nitrogens with one attached hydrogen (secondary N) is 1. The van der Waals surface area contributed by atoms with Crippen LogP contribution in [0.25, 0.3) is 22.4 Å². The Morgan fingerprint density at radius 1 is 1.13 bits per heavy atom. The summed E-state index contributed by atoms with van der Waals surface area (Å²) in [6.07, 6.45) is 11.2. The van der Waals surface area contributed by atoms with Crippen LogP contribution in [0, 0.1) is 0 Å². The zero-order chi connectivity index (χ0) is 15.2. The third-order valence-electron chi connectivity index (χ3n) is 3.94. The van der Waals surface area contributed by atoms with E-state index in [0.29, 0.717) is 31.0 Å². The summed E-state index contributed by atoms with van der Waals surface area (Å²) >= 11 is 0. The highest BCUT2D eigenvalue weighted by atomic mass is 16.5. The van der Waals surface area contributed by atoms with Gasteiger partial charge in [-0.3, -0.25) is 4.40 Å². The first-order valence-corrected chi connectivity index (χ1v) is 7.34. The Morgan fingerprint density at radius 3 is 2.96 bits per heavy atom. The van der Waals surface area contributed by atoms with Crippen molar-refractivity contribution in [2.24, 2.45) is 0 Å². The normalized spacial score (nSPS) is 15.1. The second-order valence-corrected chi connectivity index (χ2v) is 5.50. The molecule has 0 unspecified atom stereocenters. The molecule has 0 amide bonds. The van der Waals surface area contributed by atoms with Crippen molar-refractivity contribution < 1.29 is 4.74 Å². The third kappa shape index (κ3) is 2.03. The molecule has 0 atom stereocenters. The van der Waals surface area contributed by atoms with Crippen molar-refractivity contribution in [2.45, 2.75) is 6.04 Å². The summed E-state index contributed by atoms with van der Waals surface area (Å²) in [6.45, 7) is 1.41. The Bertz CT molecular complexity index is 1000. The van der Waals surface area contributed by atoms with E-state index in [4.69, 9.17) is 4.74 Å². The molecule has 5 rings (SSSR count). The first kappa shape index (κ1) is 12.5. The summed E-state index contributed by atoms with van der Waals surface area (Å²) in [5.74, 6) is 1.29. The molecule has 0 bridgehead atoms. The van der Waals surface area contributed by atoms with Crippen LogP contribution in [0.5, 0.6) is 0 Å². The van der Waals surface area contributed by atoms with Crippen LogP contribution in [-0.4, -0.2) is 48.2 Å². The molecular formula is C15H13N7O. The molecule has 1 N–H and O–H groups in total. The number of aromatic nitrogens is 6. The van der Waals surface area contributed by atoms with Gasteiger partial charge in [-0.25, -0.2) is 19.5 Å². The van der Waals surface area contributed by atoms with Gasteiger partial charge in [0.15, 0.2) is 0 Å². The molecule has 4 aromatic heterocycles. The van der Waals surface area contributed by atoms with Gasteiger partial charge in [-0.1, -0.05) is 0 Å². The van der Waals surface area contributed by atoms with Gasteiger partial charge in [-0.2, -0.15) is 0 Å². The lowest BCUT2D eigenvalue weighted by Crippen LogP contribution is -2.40. The minimum absolute atomic E-state index is 0.301. The zero-order valence-corrected chi connectivity index (χ0v) is 12.1. The van der Waals surface area contributed by atoms with E-state index in [1.165, 1.54) is 0 Å². The van der Waals surface area contributed by atoms with Crippen LogP contribution in [0.2, 0.25) is 0 Å². The predicted octanol–water partition coefficient (Wildman–Crippen LogP) is 1.25. The number of fused-ring (bicyclic) bond motifs is 2. The molecule has 8 nitrogen and oxygen atoms in total. The van der Waals surface area contributed by atoms with Crippen molar-refractivity contribution in [3.05, 3.63) is 43.2 Å². The molecule has 1 saturated heterocycles. The van der Waals surface area contributed by atoms with Gasteiger partial charge in [0.2, 0.25) is 11.7 Å². The first-order chi connectivity index (χ1) is 11.4. The SMILES string of the molecule is c1cn2cc(-c3ccn4nc(NC5COC5)ncc34)cnc2n1. The average molecular weight is 307 g/mol. The van der Waals surface area contributed by atoms with Gasteiger partial charge >= 0.3 is 0 Å². The van der Waals surface area contributed by atoms with E-state index in [1.807, 2.05) is 46.0 Å². The van der Waals surface area contributed by atoms with Crippen LogP contribution in [0.1, 0.15) is 0 Å². The number of imidazole rings is 1. The highest BCUT2D eigenvalue weighted by Crippen LogP contribution is 2.24. The lowest BCUT2D eigenvalue weighted by Gasteiger charge is -2.26. The van der Waals surface area contributed by atoms with Gasteiger partial charge in [0.05, 0.1) is 31.0 Å². The van der Waals surface area contributed by atoms with Gasteiger partial charge in [0, 0.05) is 42.1 Å². The number of anilines is 1. The Kier molecular flexibility index (Phi) is 2.59. The minimum Gasteiger partial charge on any atom is -0.377 e. The smallest absolute Gasteiger partial charge is 0.241 e. The van der Waals surface area contributed by atoms with Crippen molar-refractivity contribution >= 4 is 17.2 Å². The average Bonchev–Trinajstić information content (AvgIpc) is 3.16. The fraction of sp³-hybridized carbons (Fsp3) is 0.200.